The Labute approximate surface area is 176 Å². The van der Waals surface area contributed by atoms with Crippen LogP contribution in [0.3, 0.4) is 0 Å². The molecule has 1 aromatic carbocycles. The molecule has 0 radical (unpaired) electrons. The number of aliphatic carboxylic acids is 1. The van der Waals surface area contributed by atoms with Crippen molar-refractivity contribution in [2.24, 2.45) is 0 Å². The summed E-state index contributed by atoms with van der Waals surface area (Å²) in [4.78, 5) is 20.7. The Morgan fingerprint density at radius 2 is 1.87 bits per heavy atom. The zero-order valence-electron chi connectivity index (χ0n) is 16.4. The van der Waals surface area contributed by atoms with Gasteiger partial charge in [0.15, 0.2) is 18.0 Å². The second kappa shape index (κ2) is 9.51. The zero-order valence-corrected chi connectivity index (χ0v) is 16.4. The van der Waals surface area contributed by atoms with Crippen molar-refractivity contribution < 1.29 is 27.8 Å². The number of carboxylic acid groups (broad SMARTS) is 1. The predicted octanol–water partition coefficient (Wildman–Crippen LogP) is 2.78. The van der Waals surface area contributed by atoms with Gasteiger partial charge in [0.2, 0.25) is 11.8 Å². The molecule has 8 nitrogen and oxygen atoms in total. The topological polar surface area (TPSA) is 111 Å². The van der Waals surface area contributed by atoms with Gasteiger partial charge in [-0.1, -0.05) is 24.3 Å². The molecular formula is C20H20F3N5O3. The maximum atomic E-state index is 12.7. The summed E-state index contributed by atoms with van der Waals surface area (Å²) in [5.41, 5.74) is 2.12. The number of carboxylic acids is 1. The molecule has 1 aliphatic heterocycles. The smallest absolute Gasteiger partial charge is 0.422 e. The van der Waals surface area contributed by atoms with E-state index >= 15 is 0 Å². The first-order chi connectivity index (χ1) is 14.8. The number of nitrogens with zero attached hydrogens (tertiary/aromatic N) is 4. The predicted molar refractivity (Wildman–Crippen MR) is 105 cm³/mol. The van der Waals surface area contributed by atoms with Gasteiger partial charge in [-0.15, -0.1) is 0 Å². The van der Waals surface area contributed by atoms with Gasteiger partial charge in [-0.2, -0.15) is 28.4 Å². The molecule has 2 aromatic rings. The van der Waals surface area contributed by atoms with Crippen molar-refractivity contribution in [2.75, 3.05) is 36.5 Å². The lowest BCUT2D eigenvalue weighted by atomic mass is 10.0. The lowest BCUT2D eigenvalue weighted by Gasteiger charge is -2.24. The maximum Gasteiger partial charge on any atom is 0.422 e. The molecule has 0 atom stereocenters. The number of benzene rings is 1. The molecule has 0 unspecified atom stereocenters. The van der Waals surface area contributed by atoms with E-state index in [-0.39, 0.29) is 30.3 Å². The summed E-state index contributed by atoms with van der Waals surface area (Å²) < 4.78 is 42.9. The number of hydrogen-bond donors (Lipinski definition) is 2. The van der Waals surface area contributed by atoms with E-state index in [0.717, 1.165) is 11.1 Å². The molecule has 0 saturated carbocycles. The fraction of sp³-hybridized carbons (Fsp3) is 0.400. The number of nitriles is 1. The van der Waals surface area contributed by atoms with E-state index in [4.69, 9.17) is 9.84 Å². The fourth-order valence-corrected chi connectivity index (χ4v) is 3.25. The third-order valence-electron chi connectivity index (χ3n) is 4.68. The van der Waals surface area contributed by atoms with Gasteiger partial charge in [-0.25, -0.2) is 0 Å². The number of fused-ring (bicyclic) bond motifs is 1. The molecule has 11 heteroatoms. The molecule has 1 aliphatic rings. The maximum absolute atomic E-state index is 12.7. The van der Waals surface area contributed by atoms with Gasteiger partial charge in [0.05, 0.1) is 6.42 Å². The molecule has 2 N–H and O–H groups in total. The van der Waals surface area contributed by atoms with E-state index < -0.39 is 24.6 Å². The normalized spacial score (nSPS) is 13.7. The Balaban J connectivity index is 1.92. The summed E-state index contributed by atoms with van der Waals surface area (Å²) in [7, 11) is 0. The van der Waals surface area contributed by atoms with Crippen LogP contribution < -0.4 is 15.0 Å². The molecule has 31 heavy (non-hydrogen) atoms. The van der Waals surface area contributed by atoms with Crippen LogP contribution in [0.5, 0.6) is 5.88 Å². The number of halogens is 3. The lowest BCUT2D eigenvalue weighted by Crippen LogP contribution is -2.29. The Morgan fingerprint density at radius 1 is 1.23 bits per heavy atom. The molecule has 0 amide bonds. The SMILES string of the molecule is N#Cc1c(OCC(F)(F)F)nc(NCCC(=O)O)nc1N1CCc2ccccc2CC1. The van der Waals surface area contributed by atoms with Crippen molar-refractivity contribution >= 4 is 17.7 Å². The van der Waals surface area contributed by atoms with E-state index in [1.807, 2.05) is 35.2 Å². The van der Waals surface area contributed by atoms with Gasteiger partial charge in [0.25, 0.3) is 0 Å². The number of hydrogen-bond acceptors (Lipinski definition) is 7. The molecule has 1 aromatic heterocycles. The Hall–Kier alpha value is -3.55. The molecular weight excluding hydrogens is 415 g/mol. The van der Waals surface area contributed by atoms with Gasteiger partial charge in [-0.05, 0) is 24.0 Å². The fourth-order valence-electron chi connectivity index (χ4n) is 3.25. The number of ether oxygens (including phenoxy) is 1. The third-order valence-corrected chi connectivity index (χ3v) is 4.68. The molecule has 0 fully saturated rings. The molecule has 164 valence electrons. The van der Waals surface area contributed by atoms with Crippen LogP contribution in [0.1, 0.15) is 23.1 Å². The molecule has 3 rings (SSSR count). The van der Waals surface area contributed by atoms with Gasteiger partial charge >= 0.3 is 12.1 Å². The number of carbonyl (C=O) groups is 1. The standard InChI is InChI=1S/C20H20F3N5O3/c21-20(22,23)12-31-18-15(11-24)17(26-19(27-18)25-8-5-16(29)30)28-9-6-13-3-1-2-4-14(13)7-10-28/h1-4H,5-10,12H2,(H,29,30)(H,25,26,27). The highest BCUT2D eigenvalue weighted by Gasteiger charge is 2.31. The van der Waals surface area contributed by atoms with Crippen molar-refractivity contribution in [1.29, 1.82) is 5.26 Å². The Kier molecular flexibility index (Phi) is 6.79. The minimum absolute atomic E-state index is 0.0369. The van der Waals surface area contributed by atoms with Crippen LogP contribution in [0, 0.1) is 11.3 Å². The molecule has 2 heterocycles. The highest BCUT2D eigenvalue weighted by atomic mass is 19.4. The van der Waals surface area contributed by atoms with E-state index in [1.54, 1.807) is 0 Å². The lowest BCUT2D eigenvalue weighted by molar-refractivity contribution is -0.154. The van der Waals surface area contributed by atoms with Crippen LogP contribution in [0.4, 0.5) is 24.9 Å². The number of alkyl halides is 3. The quantitative estimate of drug-likeness (QED) is 0.683. The largest absolute Gasteiger partial charge is 0.481 e. The first kappa shape index (κ1) is 22.1. The third kappa shape index (κ3) is 5.97. The first-order valence-electron chi connectivity index (χ1n) is 9.56. The summed E-state index contributed by atoms with van der Waals surface area (Å²) in [6.07, 6.45) is -3.51. The van der Waals surface area contributed by atoms with E-state index in [0.29, 0.717) is 25.9 Å². The number of aromatic nitrogens is 2. The van der Waals surface area contributed by atoms with Crippen molar-refractivity contribution in [3.8, 4) is 11.9 Å². The summed E-state index contributed by atoms with van der Waals surface area (Å²) >= 11 is 0. The van der Waals surface area contributed by atoms with Gasteiger partial charge in [0.1, 0.15) is 6.07 Å². The Bertz CT molecular complexity index is 964. The highest BCUT2D eigenvalue weighted by Crippen LogP contribution is 2.30. The van der Waals surface area contributed by atoms with Crippen molar-refractivity contribution in [3.05, 3.63) is 41.0 Å². The average molecular weight is 435 g/mol. The first-order valence-corrected chi connectivity index (χ1v) is 9.56. The number of anilines is 2. The second-order valence-electron chi connectivity index (χ2n) is 6.89. The number of nitrogens with one attached hydrogen (secondary N) is 1. The minimum Gasteiger partial charge on any atom is -0.481 e. The summed E-state index contributed by atoms with van der Waals surface area (Å²) in [6.45, 7) is -0.658. The van der Waals surface area contributed by atoms with Gasteiger partial charge < -0.3 is 20.1 Å². The number of rotatable bonds is 7. The Morgan fingerprint density at radius 3 is 2.42 bits per heavy atom. The highest BCUT2D eigenvalue weighted by molar-refractivity contribution is 5.67. The molecule has 0 saturated heterocycles. The van der Waals surface area contributed by atoms with Crippen LogP contribution in [0.2, 0.25) is 0 Å². The second-order valence-corrected chi connectivity index (χ2v) is 6.89. The monoisotopic (exact) mass is 435 g/mol. The molecule has 0 spiro atoms. The van der Waals surface area contributed by atoms with Crippen LogP contribution >= 0.6 is 0 Å². The van der Waals surface area contributed by atoms with E-state index in [1.165, 1.54) is 0 Å². The van der Waals surface area contributed by atoms with Crippen LogP contribution in [0.25, 0.3) is 0 Å². The van der Waals surface area contributed by atoms with Crippen LogP contribution in [-0.2, 0) is 17.6 Å². The van der Waals surface area contributed by atoms with Crippen molar-refractivity contribution in [3.63, 3.8) is 0 Å². The molecule has 0 aliphatic carbocycles. The summed E-state index contributed by atoms with van der Waals surface area (Å²) in [6, 6.07) is 9.77. The van der Waals surface area contributed by atoms with Crippen LogP contribution in [0.15, 0.2) is 24.3 Å². The van der Waals surface area contributed by atoms with Gasteiger partial charge in [-0.3, -0.25) is 4.79 Å². The van der Waals surface area contributed by atoms with E-state index in [2.05, 4.69) is 15.3 Å². The zero-order chi connectivity index (χ0) is 22.4. The molecule has 0 bridgehead atoms. The van der Waals surface area contributed by atoms with Gasteiger partial charge in [0, 0.05) is 19.6 Å². The summed E-state index contributed by atoms with van der Waals surface area (Å²) in [5, 5.41) is 21.1. The average Bonchev–Trinajstić information content (AvgIpc) is 2.94. The minimum atomic E-state index is -4.61. The van der Waals surface area contributed by atoms with Crippen molar-refractivity contribution in [1.82, 2.24) is 9.97 Å². The summed E-state index contributed by atoms with van der Waals surface area (Å²) in [5.74, 6) is -1.50. The van der Waals surface area contributed by atoms with Crippen molar-refractivity contribution in [2.45, 2.75) is 25.4 Å². The van der Waals surface area contributed by atoms with Crippen LogP contribution in [-0.4, -0.2) is 53.5 Å². The van der Waals surface area contributed by atoms with E-state index in [9.17, 15) is 23.2 Å².